The van der Waals surface area contributed by atoms with Crippen LogP contribution in [0.5, 0.6) is 0 Å². The van der Waals surface area contributed by atoms with Gasteiger partial charge < -0.3 is 5.11 Å². The fourth-order valence-corrected chi connectivity index (χ4v) is 7.74. The van der Waals surface area contributed by atoms with Gasteiger partial charge in [-0.3, -0.25) is 4.79 Å². The SMILES string of the molecule is CC(=O)c1cccc(CSSSSCc2cccc(C(=O)O)c2)c1. The largest absolute Gasteiger partial charge is 0.478 e. The Kier molecular flexibility index (Phi) is 8.11. The van der Waals surface area contributed by atoms with Crippen LogP contribution >= 0.6 is 41.2 Å². The molecule has 0 aliphatic carbocycles. The van der Waals surface area contributed by atoms with Gasteiger partial charge in [-0.05, 0) is 55.9 Å². The number of rotatable bonds is 9. The summed E-state index contributed by atoms with van der Waals surface area (Å²) in [5.74, 6) is 0.794. The Labute approximate surface area is 156 Å². The molecule has 7 heteroatoms. The highest BCUT2D eigenvalue weighted by Gasteiger charge is 2.04. The van der Waals surface area contributed by atoms with Gasteiger partial charge in [0.05, 0.1) is 5.56 Å². The zero-order valence-electron chi connectivity index (χ0n) is 12.9. The van der Waals surface area contributed by atoms with Crippen LogP contribution in [0.25, 0.3) is 0 Å². The van der Waals surface area contributed by atoms with E-state index in [2.05, 4.69) is 0 Å². The molecule has 0 fully saturated rings. The molecule has 2 aromatic rings. The van der Waals surface area contributed by atoms with Gasteiger partial charge in [-0.25, -0.2) is 4.79 Å². The van der Waals surface area contributed by atoms with E-state index in [-0.39, 0.29) is 5.78 Å². The Morgan fingerprint density at radius 3 is 1.88 bits per heavy atom. The number of aromatic carboxylic acids is 1. The average Bonchev–Trinajstić information content (AvgIpc) is 2.58. The van der Waals surface area contributed by atoms with E-state index in [1.165, 1.54) is 0 Å². The summed E-state index contributed by atoms with van der Waals surface area (Å²) in [5, 5.41) is 8.97. The lowest BCUT2D eigenvalue weighted by Gasteiger charge is -2.04. The number of ketones is 1. The van der Waals surface area contributed by atoms with Crippen molar-refractivity contribution in [3.63, 3.8) is 0 Å². The Morgan fingerprint density at radius 1 is 0.875 bits per heavy atom. The van der Waals surface area contributed by atoms with Crippen molar-refractivity contribution in [2.75, 3.05) is 0 Å². The second-order valence-corrected chi connectivity index (χ2v) is 10.9. The molecular weight excluding hydrogens is 380 g/mol. The number of benzene rings is 2. The Bertz CT molecular complexity index is 657. The average molecular weight is 397 g/mol. The minimum Gasteiger partial charge on any atom is -0.478 e. The molecule has 2 rings (SSSR count). The fourth-order valence-electron chi connectivity index (χ4n) is 1.90. The minimum atomic E-state index is -0.896. The van der Waals surface area contributed by atoms with Gasteiger partial charge in [-0.1, -0.05) is 51.9 Å². The smallest absolute Gasteiger partial charge is 0.335 e. The van der Waals surface area contributed by atoms with Crippen LogP contribution < -0.4 is 0 Å². The molecule has 126 valence electrons. The number of carboxylic acids is 1. The van der Waals surface area contributed by atoms with Crippen molar-refractivity contribution in [2.45, 2.75) is 18.4 Å². The van der Waals surface area contributed by atoms with Crippen LogP contribution in [0.4, 0.5) is 0 Å². The molecule has 1 N–H and O–H groups in total. The van der Waals surface area contributed by atoms with E-state index in [4.69, 9.17) is 5.11 Å². The molecule has 0 amide bonds. The van der Waals surface area contributed by atoms with Gasteiger partial charge in [0.15, 0.2) is 5.78 Å². The van der Waals surface area contributed by atoms with Gasteiger partial charge in [-0.2, -0.15) is 0 Å². The molecule has 2 aromatic carbocycles. The molecule has 0 spiro atoms. The zero-order chi connectivity index (χ0) is 17.4. The third-order valence-electron chi connectivity index (χ3n) is 3.08. The van der Waals surface area contributed by atoms with Crippen molar-refractivity contribution in [1.82, 2.24) is 0 Å². The van der Waals surface area contributed by atoms with Crippen LogP contribution in [-0.4, -0.2) is 16.9 Å². The Morgan fingerprint density at radius 2 is 1.38 bits per heavy atom. The summed E-state index contributed by atoms with van der Waals surface area (Å²) >= 11 is 0. The molecule has 0 heterocycles. The molecule has 0 saturated heterocycles. The van der Waals surface area contributed by atoms with Gasteiger partial charge in [0.1, 0.15) is 0 Å². The molecule has 0 bridgehead atoms. The van der Waals surface area contributed by atoms with E-state index in [0.29, 0.717) is 5.56 Å². The van der Waals surface area contributed by atoms with Gasteiger partial charge in [0.25, 0.3) is 0 Å². The summed E-state index contributed by atoms with van der Waals surface area (Å²) in [6.07, 6.45) is 0. The van der Waals surface area contributed by atoms with Crippen molar-refractivity contribution in [2.24, 2.45) is 0 Å². The number of hydrogen-bond acceptors (Lipinski definition) is 6. The first kappa shape index (κ1) is 19.3. The predicted molar refractivity (Wildman–Crippen MR) is 108 cm³/mol. The van der Waals surface area contributed by atoms with Gasteiger partial charge in [0.2, 0.25) is 0 Å². The fraction of sp³-hybridized carbons (Fsp3) is 0.176. The molecule has 0 unspecified atom stereocenters. The maximum atomic E-state index is 11.4. The molecule has 0 atom stereocenters. The number of Topliss-reactive ketones (excluding diaryl/α,β-unsaturated/α-hetero) is 1. The second kappa shape index (κ2) is 10.1. The normalized spacial score (nSPS) is 10.5. The van der Waals surface area contributed by atoms with Crippen molar-refractivity contribution in [3.8, 4) is 0 Å². The topological polar surface area (TPSA) is 54.4 Å². The minimum absolute atomic E-state index is 0.0861. The maximum Gasteiger partial charge on any atom is 0.335 e. The van der Waals surface area contributed by atoms with Crippen LogP contribution in [0.1, 0.15) is 38.8 Å². The van der Waals surface area contributed by atoms with Gasteiger partial charge in [-0.15, -0.1) is 0 Å². The molecule has 0 aromatic heterocycles. The third-order valence-corrected chi connectivity index (χ3v) is 9.42. The number of carbonyl (C=O) groups excluding carboxylic acids is 1. The maximum absolute atomic E-state index is 11.4. The first-order valence-corrected chi connectivity index (χ1v) is 12.2. The van der Waals surface area contributed by atoms with Crippen LogP contribution in [-0.2, 0) is 11.5 Å². The van der Waals surface area contributed by atoms with Gasteiger partial charge >= 0.3 is 5.97 Å². The van der Waals surface area contributed by atoms with Crippen molar-refractivity contribution in [3.05, 3.63) is 70.8 Å². The van der Waals surface area contributed by atoms with Crippen molar-refractivity contribution < 1.29 is 14.7 Å². The molecular formula is C17H16O3S4. The summed E-state index contributed by atoms with van der Waals surface area (Å²) in [6.45, 7) is 1.58. The highest BCUT2D eigenvalue weighted by Crippen LogP contribution is 2.45. The quantitative estimate of drug-likeness (QED) is 0.318. The van der Waals surface area contributed by atoms with E-state index in [9.17, 15) is 9.59 Å². The van der Waals surface area contributed by atoms with Crippen LogP contribution in [0, 0.1) is 0 Å². The van der Waals surface area contributed by atoms with Gasteiger partial charge in [0, 0.05) is 17.1 Å². The first-order valence-electron chi connectivity index (χ1n) is 7.06. The van der Waals surface area contributed by atoms with Crippen molar-refractivity contribution >= 4 is 53.0 Å². The lowest BCUT2D eigenvalue weighted by Crippen LogP contribution is -1.96. The highest BCUT2D eigenvalue weighted by atomic mass is 33.7. The lowest BCUT2D eigenvalue weighted by atomic mass is 10.1. The van der Waals surface area contributed by atoms with E-state index < -0.39 is 5.97 Å². The molecule has 3 nitrogen and oxygen atoms in total. The van der Waals surface area contributed by atoms with Crippen molar-refractivity contribution in [1.29, 1.82) is 0 Å². The summed E-state index contributed by atoms with van der Waals surface area (Å²) in [5.41, 5.74) is 3.22. The molecule has 0 radical (unpaired) electrons. The lowest BCUT2D eigenvalue weighted by molar-refractivity contribution is 0.0696. The molecule has 0 aliphatic heterocycles. The Hall–Kier alpha value is -1.02. The van der Waals surface area contributed by atoms with Crippen LogP contribution in [0.15, 0.2) is 48.5 Å². The van der Waals surface area contributed by atoms with Crippen LogP contribution in [0.2, 0.25) is 0 Å². The molecule has 24 heavy (non-hydrogen) atoms. The van der Waals surface area contributed by atoms with E-state index in [1.54, 1.807) is 66.4 Å². The molecule has 0 saturated carbocycles. The van der Waals surface area contributed by atoms with E-state index in [0.717, 1.165) is 28.2 Å². The predicted octanol–water partition coefficient (Wildman–Crippen LogP) is 5.97. The standard InChI is InChI=1S/C17H16O3S4/c1-12(18)15-6-2-4-13(8-15)10-21-23-24-22-11-14-5-3-7-16(9-14)17(19)20/h2-9H,10-11H2,1H3,(H,19,20). The molecule has 0 aliphatic rings. The summed E-state index contributed by atoms with van der Waals surface area (Å²) in [7, 11) is 6.77. The summed E-state index contributed by atoms with van der Waals surface area (Å²) < 4.78 is 0. The summed E-state index contributed by atoms with van der Waals surface area (Å²) in [6, 6.07) is 14.7. The highest BCUT2D eigenvalue weighted by molar-refractivity contribution is 9.25. The van der Waals surface area contributed by atoms with Crippen LogP contribution in [0.3, 0.4) is 0 Å². The van der Waals surface area contributed by atoms with E-state index >= 15 is 0 Å². The number of carboxylic acid groups (broad SMARTS) is 1. The second-order valence-electron chi connectivity index (χ2n) is 4.92. The number of carbonyl (C=O) groups is 2. The zero-order valence-corrected chi connectivity index (χ0v) is 16.2. The number of hydrogen-bond donors (Lipinski definition) is 1. The van der Waals surface area contributed by atoms with E-state index in [1.807, 2.05) is 30.3 Å². The summed E-state index contributed by atoms with van der Waals surface area (Å²) in [4.78, 5) is 22.3. The first-order chi connectivity index (χ1) is 11.6. The third kappa shape index (κ3) is 6.47. The monoisotopic (exact) mass is 396 g/mol. The Balaban J connectivity index is 1.68.